The molecule has 1 aromatic heterocycles. The van der Waals surface area contributed by atoms with Crippen molar-refractivity contribution in [1.82, 2.24) is 41.0 Å². The number of aromatic amines is 1. The second kappa shape index (κ2) is 31.8. The van der Waals surface area contributed by atoms with Gasteiger partial charge in [0.15, 0.2) is 0 Å². The molecule has 2 aromatic carbocycles. The number of fused-ring (bicyclic) bond motifs is 2. The second-order valence-corrected chi connectivity index (χ2v) is 19.1. The number of amides is 6. The van der Waals surface area contributed by atoms with Crippen molar-refractivity contribution in [3.63, 3.8) is 0 Å². The lowest BCUT2D eigenvalue weighted by Gasteiger charge is -2.26. The number of hydrogen-bond acceptors (Lipinski definition) is 21. The summed E-state index contributed by atoms with van der Waals surface area (Å²) in [5.74, 6) is -3.71. The van der Waals surface area contributed by atoms with Crippen LogP contribution >= 0.6 is 0 Å². The Bertz CT molecular complexity index is 2420. The maximum absolute atomic E-state index is 13.9. The molecule has 4 rings (SSSR count). The van der Waals surface area contributed by atoms with Crippen LogP contribution in [0, 0.1) is 0 Å². The fraction of sp³-hybridized carbons (Fsp3) is 0.600. The quantitative estimate of drug-likeness (QED) is 0.0200. The van der Waals surface area contributed by atoms with E-state index in [2.05, 4.69) is 36.6 Å². The van der Waals surface area contributed by atoms with E-state index in [0.717, 1.165) is 11.0 Å². The summed E-state index contributed by atoms with van der Waals surface area (Å²) in [4.78, 5) is 103. The SMILES string of the molecule is COC(=O)CC1Nc2ccc(C(=O)N(C)Cc3nc4ccccc4[nH]3)cc2CN(CCCCCCNC(=O)[C@H](CCC(=O)NC[C@H](O)[C@@H](O)[C@H](O)[C@H](O)CO)NC(=O)[C@@H](N)CCC(=O)NC[C@H](O)[C@@H](O)[C@H](O)[C@H](O)CO)C1=O. The van der Waals surface area contributed by atoms with Crippen LogP contribution in [0.25, 0.3) is 11.0 Å². The number of benzene rings is 2. The molecule has 434 valence electrons. The molecule has 3 aromatic rings. The molecule has 1 unspecified atom stereocenters. The number of aliphatic hydroxyl groups is 10. The molecule has 0 saturated heterocycles. The molecule has 0 saturated carbocycles. The number of H-pyrrole nitrogens is 1. The fourth-order valence-electron chi connectivity index (χ4n) is 8.26. The summed E-state index contributed by atoms with van der Waals surface area (Å²) in [5.41, 5.74) is 9.26. The molecule has 28 heteroatoms. The van der Waals surface area contributed by atoms with Crippen LogP contribution in [0.1, 0.15) is 79.5 Å². The highest BCUT2D eigenvalue weighted by Crippen LogP contribution is 2.27. The van der Waals surface area contributed by atoms with Crippen molar-refractivity contribution in [3.8, 4) is 0 Å². The first-order chi connectivity index (χ1) is 37.1. The molecule has 11 atom stereocenters. The highest BCUT2D eigenvalue weighted by Gasteiger charge is 2.34. The third-order valence-corrected chi connectivity index (χ3v) is 13.1. The van der Waals surface area contributed by atoms with E-state index in [9.17, 15) is 74.4 Å². The Morgan fingerprint density at radius 2 is 1.37 bits per heavy atom. The number of nitrogens with one attached hydrogen (secondary N) is 6. The van der Waals surface area contributed by atoms with Gasteiger partial charge in [0, 0.05) is 63.9 Å². The van der Waals surface area contributed by atoms with Gasteiger partial charge in [-0.25, -0.2) is 4.98 Å². The highest BCUT2D eigenvalue weighted by molar-refractivity contribution is 5.96. The van der Waals surface area contributed by atoms with Gasteiger partial charge in [0.1, 0.15) is 54.5 Å². The number of unbranched alkanes of at least 4 members (excludes halogenated alkanes) is 3. The molecule has 18 N–H and O–H groups in total. The number of hydrogen-bond donors (Lipinski definition) is 17. The number of carbonyl (C=O) groups is 7. The van der Waals surface area contributed by atoms with E-state index in [4.69, 9.17) is 20.7 Å². The molecule has 0 fully saturated rings. The molecule has 2 heterocycles. The zero-order valence-corrected chi connectivity index (χ0v) is 43.6. The Morgan fingerprint density at radius 3 is 1.97 bits per heavy atom. The molecular weight excluding hydrogens is 1030 g/mol. The number of aliphatic hydroxyl groups excluding tert-OH is 10. The average molecular weight is 1110 g/mol. The summed E-state index contributed by atoms with van der Waals surface area (Å²) in [6.45, 7) is -2.29. The number of ether oxygens (including phenoxy) is 1. The number of nitrogens with zero attached hydrogens (tertiary/aromatic N) is 3. The Balaban J connectivity index is 1.32. The van der Waals surface area contributed by atoms with Crippen molar-refractivity contribution in [3.05, 3.63) is 59.4 Å². The molecule has 0 spiro atoms. The number of para-hydroxylation sites is 2. The number of aromatic nitrogens is 2. The van der Waals surface area contributed by atoms with E-state index in [1.165, 1.54) is 12.0 Å². The first-order valence-electron chi connectivity index (χ1n) is 25.6. The van der Waals surface area contributed by atoms with Gasteiger partial charge in [0.05, 0.1) is 62.6 Å². The molecule has 0 aliphatic carbocycles. The van der Waals surface area contributed by atoms with Crippen molar-refractivity contribution in [2.45, 2.75) is 138 Å². The molecule has 1 aliphatic rings. The van der Waals surface area contributed by atoms with E-state index in [-0.39, 0.29) is 63.7 Å². The molecule has 78 heavy (non-hydrogen) atoms. The standard InChI is InChI=1S/C50H76N10O18/c1-59(24-39-56-31-9-5-6-10-32(31)57-39)49(76)27-11-13-30-28(19-27)23-60(50(77)34(55-30)20-42(69)78-2)18-8-4-3-7-17-52-48(75)33(14-16-41(68)54-22-36(64)44(71)46(73)38(66)26-62)58-47(74)29(51)12-15-40(67)53-21-35(63)43(70)45(72)37(65)25-61/h5-6,9-11,13,19,29,33-38,43-46,55,61-66,70-73H,3-4,7-8,12,14-18,20-26,51H2,1-2H3,(H,52,75)(H,53,67)(H,54,68)(H,56,57)(H,58,74)/t29-,33-,34?,35-,36-,37+,38+,43+,44+,45+,46+/m0/s1. The van der Waals surface area contributed by atoms with Gasteiger partial charge in [-0.1, -0.05) is 25.0 Å². The van der Waals surface area contributed by atoms with Gasteiger partial charge < -0.3 is 103 Å². The maximum Gasteiger partial charge on any atom is 0.308 e. The molecule has 0 bridgehead atoms. The molecule has 0 radical (unpaired) electrons. The van der Waals surface area contributed by atoms with Crippen LogP contribution in [-0.4, -0.2) is 233 Å². The lowest BCUT2D eigenvalue weighted by molar-refractivity contribution is -0.144. The summed E-state index contributed by atoms with van der Waals surface area (Å²) in [6.07, 6.45) is -14.4. The van der Waals surface area contributed by atoms with Crippen molar-refractivity contribution >= 4 is 58.1 Å². The van der Waals surface area contributed by atoms with Gasteiger partial charge in [-0.2, -0.15) is 0 Å². The topological polar surface area (TPSA) is 452 Å². The zero-order valence-electron chi connectivity index (χ0n) is 43.6. The van der Waals surface area contributed by atoms with Gasteiger partial charge in [-0.15, -0.1) is 0 Å². The van der Waals surface area contributed by atoms with Crippen LogP contribution in [0.5, 0.6) is 0 Å². The first-order valence-corrected chi connectivity index (χ1v) is 25.6. The number of nitrogens with two attached hydrogens (primary N) is 1. The number of methoxy groups -OCH3 is 1. The minimum absolute atomic E-state index is 0.106. The van der Waals surface area contributed by atoms with Gasteiger partial charge in [-0.05, 0) is 61.6 Å². The van der Waals surface area contributed by atoms with Crippen LogP contribution in [-0.2, 0) is 46.6 Å². The first kappa shape index (κ1) is 64.1. The smallest absolute Gasteiger partial charge is 0.308 e. The Hall–Kier alpha value is -6.44. The summed E-state index contributed by atoms with van der Waals surface area (Å²) in [6, 6.07) is 8.87. The minimum atomic E-state index is -1.96. The number of carbonyl (C=O) groups excluding carboxylic acids is 7. The minimum Gasteiger partial charge on any atom is -0.469 e. The predicted octanol–water partition coefficient (Wildman–Crippen LogP) is -5.33. The lowest BCUT2D eigenvalue weighted by atomic mass is 10.0. The number of anilines is 1. The van der Waals surface area contributed by atoms with Crippen molar-refractivity contribution < 1.29 is 89.4 Å². The number of rotatable bonds is 33. The van der Waals surface area contributed by atoms with E-state index in [1.54, 1.807) is 30.1 Å². The monoisotopic (exact) mass is 1100 g/mol. The van der Waals surface area contributed by atoms with E-state index < -0.39 is 129 Å². The molecule has 6 amide bonds. The largest absolute Gasteiger partial charge is 0.469 e. The van der Waals surface area contributed by atoms with Crippen LogP contribution in [0.2, 0.25) is 0 Å². The normalized spacial score (nSPS) is 17.3. The number of esters is 1. The van der Waals surface area contributed by atoms with Crippen LogP contribution in [0.3, 0.4) is 0 Å². The molecule has 1 aliphatic heterocycles. The third kappa shape index (κ3) is 19.5. The van der Waals surface area contributed by atoms with Crippen LogP contribution < -0.4 is 32.3 Å². The fourth-order valence-corrected chi connectivity index (χ4v) is 8.26. The van der Waals surface area contributed by atoms with E-state index in [1.807, 2.05) is 24.3 Å². The predicted molar refractivity (Wildman–Crippen MR) is 276 cm³/mol. The Kier molecular flexibility index (Phi) is 26.2. The van der Waals surface area contributed by atoms with Gasteiger partial charge in [0.2, 0.25) is 29.5 Å². The van der Waals surface area contributed by atoms with Gasteiger partial charge in [-0.3, -0.25) is 33.6 Å². The van der Waals surface area contributed by atoms with Crippen LogP contribution in [0.15, 0.2) is 42.5 Å². The van der Waals surface area contributed by atoms with E-state index >= 15 is 0 Å². The Morgan fingerprint density at radius 1 is 0.782 bits per heavy atom. The summed E-state index contributed by atoms with van der Waals surface area (Å²) < 4.78 is 4.86. The maximum atomic E-state index is 13.9. The zero-order chi connectivity index (χ0) is 57.6. The van der Waals surface area contributed by atoms with Crippen molar-refractivity contribution in [1.29, 1.82) is 0 Å². The third-order valence-electron chi connectivity index (χ3n) is 13.1. The average Bonchev–Trinajstić information content (AvgIpc) is 3.83. The summed E-state index contributed by atoms with van der Waals surface area (Å²) >= 11 is 0. The molecule has 28 nitrogen and oxygen atoms in total. The summed E-state index contributed by atoms with van der Waals surface area (Å²) in [5, 5.41) is 110. The van der Waals surface area contributed by atoms with Gasteiger partial charge >= 0.3 is 5.97 Å². The Labute approximate surface area is 449 Å². The number of imidazole rings is 1. The van der Waals surface area contributed by atoms with Gasteiger partial charge in [0.25, 0.3) is 5.91 Å². The second-order valence-electron chi connectivity index (χ2n) is 19.1. The molecular formula is C50H76N10O18. The summed E-state index contributed by atoms with van der Waals surface area (Å²) in [7, 11) is 2.88. The highest BCUT2D eigenvalue weighted by atomic mass is 16.5. The lowest BCUT2D eigenvalue weighted by Crippen LogP contribution is -2.52. The van der Waals surface area contributed by atoms with Crippen molar-refractivity contribution in [2.75, 3.05) is 58.9 Å². The van der Waals surface area contributed by atoms with Crippen LogP contribution in [0.4, 0.5) is 5.69 Å². The van der Waals surface area contributed by atoms with E-state index in [0.29, 0.717) is 48.3 Å². The van der Waals surface area contributed by atoms with Crippen molar-refractivity contribution in [2.24, 2.45) is 5.73 Å².